The summed E-state index contributed by atoms with van der Waals surface area (Å²) in [6, 6.07) is 21.1. The van der Waals surface area contributed by atoms with Gasteiger partial charge in [-0.3, -0.25) is 0 Å². The van der Waals surface area contributed by atoms with Gasteiger partial charge in [0.15, 0.2) is 8.32 Å². The Bertz CT molecular complexity index is 2120. The van der Waals surface area contributed by atoms with E-state index >= 15 is 0 Å². The highest BCUT2D eigenvalue weighted by molar-refractivity contribution is 7.68. The molecule has 346 valence electrons. The SMILES string of the molecule is C=C1/C(=C\COP(c2ccccc2)c2ccccc2)C[C@H](C)C[C@@H]1O[Si](C)(C)C(C)(C)C.[2H]C([2H])([2H])C(O)([C@@H](C)/C=C/[C@@H](C)[C@H]1CC[C@H]2/C(=C/C=C3/C[C@H](O)C[C@H](O)C3=C)CCC[C@]12C)C([2H])([2H])[2H]. The summed E-state index contributed by atoms with van der Waals surface area (Å²) < 4.78 is 59.4. The summed E-state index contributed by atoms with van der Waals surface area (Å²) in [6.07, 6.45) is 17.0. The number of benzene rings is 2. The lowest BCUT2D eigenvalue weighted by atomic mass is 9.61. The highest BCUT2D eigenvalue weighted by Gasteiger charge is 2.50. The molecular formula is C56H83O5PSi. The minimum Gasteiger partial charge on any atom is -0.410 e. The van der Waals surface area contributed by atoms with Crippen LogP contribution in [-0.2, 0) is 8.95 Å². The van der Waals surface area contributed by atoms with Crippen LogP contribution in [0.3, 0.4) is 0 Å². The number of aliphatic hydroxyl groups is 3. The fourth-order valence-electron chi connectivity index (χ4n) is 10.0. The first-order valence-electron chi connectivity index (χ1n) is 26.5. The zero-order valence-corrected chi connectivity index (χ0v) is 41.8. The van der Waals surface area contributed by atoms with Gasteiger partial charge in [0, 0.05) is 31.2 Å². The second kappa shape index (κ2) is 21.8. The van der Waals surface area contributed by atoms with E-state index in [9.17, 15) is 15.3 Å². The molecule has 6 rings (SSSR count). The Morgan fingerprint density at radius 1 is 0.905 bits per heavy atom. The topological polar surface area (TPSA) is 79.2 Å². The lowest BCUT2D eigenvalue weighted by molar-refractivity contribution is 0.0436. The molecule has 0 heterocycles. The number of fused-ring (bicyclic) bond motifs is 1. The number of rotatable bonds is 12. The van der Waals surface area contributed by atoms with Crippen molar-refractivity contribution in [3.8, 4) is 0 Å². The van der Waals surface area contributed by atoms with Crippen LogP contribution in [0.1, 0.15) is 128 Å². The molecule has 5 nitrogen and oxygen atoms in total. The first-order valence-corrected chi connectivity index (χ1v) is 27.6. The molecule has 4 fully saturated rings. The molecule has 2 aromatic rings. The van der Waals surface area contributed by atoms with Gasteiger partial charge in [-0.2, -0.15) is 0 Å². The molecule has 0 spiro atoms. The quantitative estimate of drug-likeness (QED) is 0.112. The van der Waals surface area contributed by atoms with Crippen molar-refractivity contribution in [1.29, 1.82) is 0 Å². The van der Waals surface area contributed by atoms with Crippen LogP contribution in [0.25, 0.3) is 0 Å². The molecule has 0 aromatic heterocycles. The van der Waals surface area contributed by atoms with E-state index in [2.05, 4.69) is 141 Å². The number of aliphatic hydroxyl groups excluding tert-OH is 2. The molecule has 63 heavy (non-hydrogen) atoms. The van der Waals surface area contributed by atoms with E-state index in [1.807, 2.05) is 12.2 Å². The van der Waals surface area contributed by atoms with E-state index in [-0.39, 0.29) is 22.5 Å². The minimum absolute atomic E-state index is 0.0581. The summed E-state index contributed by atoms with van der Waals surface area (Å²) in [5.74, 6) is 0.369. The van der Waals surface area contributed by atoms with Crippen LogP contribution in [0, 0.1) is 35.0 Å². The second-order valence-electron chi connectivity index (χ2n) is 20.9. The molecule has 7 heteroatoms. The van der Waals surface area contributed by atoms with Crippen molar-refractivity contribution >= 4 is 27.1 Å². The zero-order valence-electron chi connectivity index (χ0n) is 45.9. The largest absolute Gasteiger partial charge is 0.410 e. The number of hydrogen-bond acceptors (Lipinski definition) is 5. The van der Waals surface area contributed by atoms with Gasteiger partial charge in [0.1, 0.15) is 0 Å². The summed E-state index contributed by atoms with van der Waals surface area (Å²) in [7, 11) is -2.70. The molecule has 3 N–H and O–H groups in total. The summed E-state index contributed by atoms with van der Waals surface area (Å²) in [4.78, 5) is 0. The maximum absolute atomic E-state index is 10.8. The lowest BCUT2D eigenvalue weighted by Crippen LogP contribution is -2.45. The van der Waals surface area contributed by atoms with Crippen molar-refractivity contribution in [3.63, 3.8) is 0 Å². The molecule has 4 aliphatic rings. The van der Waals surface area contributed by atoms with Crippen molar-refractivity contribution in [1.82, 2.24) is 0 Å². The Morgan fingerprint density at radius 2 is 1.54 bits per heavy atom. The monoisotopic (exact) mass is 901 g/mol. The van der Waals surface area contributed by atoms with Crippen LogP contribution in [0.4, 0.5) is 0 Å². The molecular weight excluding hydrogens is 812 g/mol. The normalized spacial score (nSPS) is 32.0. The molecule has 2 aromatic carbocycles. The Labute approximate surface area is 394 Å². The van der Waals surface area contributed by atoms with Crippen LogP contribution < -0.4 is 10.6 Å². The molecule has 0 amide bonds. The van der Waals surface area contributed by atoms with Crippen LogP contribution in [0.5, 0.6) is 0 Å². The fraction of sp³-hybridized carbons (Fsp3) is 0.571. The van der Waals surface area contributed by atoms with Gasteiger partial charge in [-0.15, -0.1) is 0 Å². The molecule has 9 atom stereocenters. The van der Waals surface area contributed by atoms with Crippen LogP contribution in [0.15, 0.2) is 132 Å². The summed E-state index contributed by atoms with van der Waals surface area (Å²) in [5.41, 5.74) is 2.69. The zero-order chi connectivity index (χ0) is 51.3. The minimum atomic E-state index is -3.04. The second-order valence-corrected chi connectivity index (χ2v) is 27.5. The van der Waals surface area contributed by atoms with Gasteiger partial charge >= 0.3 is 0 Å². The lowest BCUT2D eigenvalue weighted by Gasteiger charge is -2.44. The Balaban J connectivity index is 0.000000260. The Morgan fingerprint density at radius 3 is 2.14 bits per heavy atom. The van der Waals surface area contributed by atoms with E-state index < -0.39 is 53.9 Å². The van der Waals surface area contributed by atoms with Gasteiger partial charge in [0.05, 0.1) is 38.7 Å². The van der Waals surface area contributed by atoms with Crippen LogP contribution in [-0.4, -0.2) is 54.2 Å². The molecule has 0 saturated heterocycles. The Kier molecular flexibility index (Phi) is 14.8. The van der Waals surface area contributed by atoms with Gasteiger partial charge < -0.3 is 24.3 Å². The van der Waals surface area contributed by atoms with E-state index in [0.717, 1.165) is 56.1 Å². The molecule has 4 aliphatic carbocycles. The third-order valence-corrected chi connectivity index (χ3v) is 21.5. The molecule has 0 aliphatic heterocycles. The van der Waals surface area contributed by atoms with E-state index in [1.54, 1.807) is 6.08 Å². The van der Waals surface area contributed by atoms with Crippen LogP contribution >= 0.6 is 8.15 Å². The predicted molar refractivity (Wildman–Crippen MR) is 271 cm³/mol. The Hall–Kier alpha value is -2.67. The standard InChI is InChI=1S/C28H44O3.C28H39O2PSi/c1-18(9-10-19(2)27(4,5)31)24-13-14-25-21(8-7-15-28(24,25)6)11-12-22-16-23(29)17-26(30)20(22)3;1-22-20-24(23(2)27(21-22)30-32(6,7)28(3,4)5)18-19-29-31(25-14-10-8-11-15-25)26-16-12-9-13-17-26/h9-12,18-19,23-26,29-31H,3,7-8,13-17H2,1-2,4-6H3;8-18,22,27H,2,19-21H2,1,3-7H3/b10-9+,21-11+,22-12-;24-18-/t18-,19+,23+,24-,25+,26+,28-;22-,27-/m10/s1/i4D3,5D3;. The number of allylic oxidation sites excluding steroid dienone is 4. The predicted octanol–water partition coefficient (Wildman–Crippen LogP) is 13.1. The van der Waals surface area contributed by atoms with Gasteiger partial charge in [0.2, 0.25) is 0 Å². The summed E-state index contributed by atoms with van der Waals surface area (Å²) in [6.45, 7) is 22.8. The van der Waals surface area contributed by atoms with Gasteiger partial charge in [-0.25, -0.2) is 0 Å². The fourth-order valence-corrected chi connectivity index (χ4v) is 13.0. The van der Waals surface area contributed by atoms with Gasteiger partial charge in [-0.1, -0.05) is 158 Å². The van der Waals surface area contributed by atoms with Crippen molar-refractivity contribution in [2.75, 3.05) is 6.61 Å². The van der Waals surface area contributed by atoms with E-state index in [0.29, 0.717) is 42.8 Å². The summed E-state index contributed by atoms with van der Waals surface area (Å²) in [5, 5.41) is 33.7. The smallest absolute Gasteiger partial charge is 0.192 e. The van der Waals surface area contributed by atoms with Crippen molar-refractivity contribution in [2.24, 2.45) is 35.0 Å². The van der Waals surface area contributed by atoms with Crippen molar-refractivity contribution < 1.29 is 32.5 Å². The van der Waals surface area contributed by atoms with Crippen LogP contribution in [0.2, 0.25) is 18.1 Å². The van der Waals surface area contributed by atoms with E-state index in [4.69, 9.17) is 17.2 Å². The van der Waals surface area contributed by atoms with E-state index in [1.165, 1.54) is 28.7 Å². The van der Waals surface area contributed by atoms with Gasteiger partial charge in [-0.05, 0) is 135 Å². The first kappa shape index (κ1) is 42.9. The molecule has 0 unspecified atom stereocenters. The third-order valence-electron chi connectivity index (χ3n) is 15.0. The summed E-state index contributed by atoms with van der Waals surface area (Å²) >= 11 is 0. The first-order chi connectivity index (χ1) is 32.0. The van der Waals surface area contributed by atoms with Gasteiger partial charge in [0.25, 0.3) is 0 Å². The number of hydrogen-bond donors (Lipinski definition) is 3. The highest BCUT2D eigenvalue weighted by atomic mass is 31.1. The average Bonchev–Trinajstić information content (AvgIpc) is 3.63. The molecule has 0 bridgehead atoms. The highest BCUT2D eigenvalue weighted by Crippen LogP contribution is 2.59. The molecule has 0 radical (unpaired) electrons. The van der Waals surface area contributed by atoms with Crippen molar-refractivity contribution in [2.45, 2.75) is 162 Å². The maximum Gasteiger partial charge on any atom is 0.192 e. The average molecular weight is 901 g/mol. The molecule has 4 saturated carbocycles. The maximum atomic E-state index is 10.8. The third kappa shape index (κ3) is 13.2. The van der Waals surface area contributed by atoms with Crippen molar-refractivity contribution in [3.05, 3.63) is 132 Å².